The highest BCUT2D eigenvalue weighted by Crippen LogP contribution is 2.31. The summed E-state index contributed by atoms with van der Waals surface area (Å²) in [6.45, 7) is 2.42. The van der Waals surface area contributed by atoms with E-state index in [1.54, 1.807) is 17.0 Å². The maximum absolute atomic E-state index is 14.1. The van der Waals surface area contributed by atoms with Crippen LogP contribution in [0.5, 0.6) is 0 Å². The molecule has 0 N–H and O–H groups in total. The lowest BCUT2D eigenvalue weighted by atomic mass is 10.1. The lowest BCUT2D eigenvalue weighted by molar-refractivity contribution is -0.130. The lowest BCUT2D eigenvalue weighted by Crippen LogP contribution is -2.34. The summed E-state index contributed by atoms with van der Waals surface area (Å²) in [6.07, 6.45) is 0.453. The van der Waals surface area contributed by atoms with Gasteiger partial charge in [0.05, 0.1) is 17.4 Å². The van der Waals surface area contributed by atoms with Crippen molar-refractivity contribution < 1.29 is 17.6 Å². The molecule has 4 nitrogen and oxygen atoms in total. The fourth-order valence-corrected chi connectivity index (χ4v) is 5.19. The second kappa shape index (κ2) is 7.58. The topological polar surface area (TPSA) is 54.5 Å². The molecule has 0 bridgehead atoms. The minimum atomic E-state index is -3.52. The van der Waals surface area contributed by atoms with Gasteiger partial charge in [0, 0.05) is 18.7 Å². The van der Waals surface area contributed by atoms with Crippen LogP contribution in [-0.4, -0.2) is 38.1 Å². The normalized spacial score (nSPS) is 19.8. The molecule has 0 spiro atoms. The summed E-state index contributed by atoms with van der Waals surface area (Å²) < 4.78 is 39.3. The van der Waals surface area contributed by atoms with Gasteiger partial charge in [-0.3, -0.25) is 4.79 Å². The Labute approximate surface area is 153 Å². The molecule has 0 radical (unpaired) electrons. The number of carbonyl (C=O) groups is 1. The third-order valence-electron chi connectivity index (χ3n) is 4.78. The molecule has 1 fully saturated rings. The van der Waals surface area contributed by atoms with Gasteiger partial charge in [-0.2, -0.15) is 0 Å². The zero-order chi connectivity index (χ0) is 18.7. The Bertz CT molecular complexity index is 911. The zero-order valence-electron chi connectivity index (χ0n) is 14.7. The minimum Gasteiger partial charge on any atom is -0.341 e. The lowest BCUT2D eigenvalue weighted by Gasteiger charge is -2.20. The van der Waals surface area contributed by atoms with Gasteiger partial charge in [-0.1, -0.05) is 48.0 Å². The number of carbonyl (C=O) groups excluding carboxylic acids is 1. The number of rotatable bonds is 3. The Balaban J connectivity index is 1.76. The quantitative estimate of drug-likeness (QED) is 0.829. The van der Waals surface area contributed by atoms with E-state index in [1.807, 2.05) is 31.2 Å². The highest BCUT2D eigenvalue weighted by Gasteiger charge is 2.34. The number of nitrogens with zero attached hydrogens (tertiary/aromatic N) is 1. The fourth-order valence-electron chi connectivity index (χ4n) is 3.39. The minimum absolute atomic E-state index is 0.0972. The van der Waals surface area contributed by atoms with Crippen molar-refractivity contribution in [2.45, 2.75) is 25.0 Å². The van der Waals surface area contributed by atoms with Crippen LogP contribution in [0.25, 0.3) is 0 Å². The first-order valence-electron chi connectivity index (χ1n) is 8.66. The van der Waals surface area contributed by atoms with Crippen LogP contribution in [-0.2, 0) is 21.1 Å². The molecule has 1 amide bonds. The summed E-state index contributed by atoms with van der Waals surface area (Å²) in [5, 5.41) is -0.902. The smallest absolute Gasteiger partial charge is 0.227 e. The average Bonchev–Trinajstić information content (AvgIpc) is 2.74. The Morgan fingerprint density at radius 2 is 1.92 bits per heavy atom. The van der Waals surface area contributed by atoms with Gasteiger partial charge in [-0.05, 0) is 25.0 Å². The Kier molecular flexibility index (Phi) is 5.41. The van der Waals surface area contributed by atoms with Crippen LogP contribution in [0.2, 0.25) is 0 Å². The predicted octanol–water partition coefficient (Wildman–Crippen LogP) is 3.07. The zero-order valence-corrected chi connectivity index (χ0v) is 15.5. The molecule has 1 unspecified atom stereocenters. The first-order valence-corrected chi connectivity index (χ1v) is 10.4. The van der Waals surface area contributed by atoms with Crippen LogP contribution >= 0.6 is 0 Å². The summed E-state index contributed by atoms with van der Waals surface area (Å²) in [5.41, 5.74) is 2.18. The van der Waals surface area contributed by atoms with Crippen LogP contribution < -0.4 is 0 Å². The SMILES string of the molecule is Cc1cccc(CC(=O)N2CCC(c3ccccc3F)S(=O)(=O)CC2)c1. The second-order valence-electron chi connectivity index (χ2n) is 6.71. The van der Waals surface area contributed by atoms with Crippen molar-refractivity contribution in [3.8, 4) is 0 Å². The molecular formula is C20H22FNO3S. The predicted molar refractivity (Wildman–Crippen MR) is 99.0 cm³/mol. The molecule has 0 saturated carbocycles. The number of hydrogen-bond acceptors (Lipinski definition) is 3. The number of benzene rings is 2. The van der Waals surface area contributed by atoms with Crippen molar-refractivity contribution in [1.29, 1.82) is 0 Å². The summed E-state index contributed by atoms with van der Waals surface area (Å²) in [5.74, 6) is -0.758. The van der Waals surface area contributed by atoms with Crippen LogP contribution in [0.4, 0.5) is 4.39 Å². The molecule has 6 heteroatoms. The van der Waals surface area contributed by atoms with E-state index in [9.17, 15) is 17.6 Å². The first-order chi connectivity index (χ1) is 12.4. The van der Waals surface area contributed by atoms with Crippen LogP contribution in [0.15, 0.2) is 48.5 Å². The molecule has 0 aromatic heterocycles. The molecule has 1 saturated heterocycles. The third-order valence-corrected chi connectivity index (χ3v) is 6.89. The number of sulfone groups is 1. The van der Waals surface area contributed by atoms with Crippen LogP contribution in [0, 0.1) is 12.7 Å². The molecular weight excluding hydrogens is 353 g/mol. The van der Waals surface area contributed by atoms with Gasteiger partial charge < -0.3 is 4.90 Å². The summed E-state index contributed by atoms with van der Waals surface area (Å²) in [6, 6.07) is 13.7. The molecule has 1 atom stereocenters. The molecule has 2 aromatic rings. The van der Waals surface area contributed by atoms with Crippen molar-refractivity contribution in [3.05, 3.63) is 71.0 Å². The van der Waals surface area contributed by atoms with E-state index in [1.165, 1.54) is 12.1 Å². The highest BCUT2D eigenvalue weighted by molar-refractivity contribution is 7.91. The molecule has 26 heavy (non-hydrogen) atoms. The van der Waals surface area contributed by atoms with Crippen LogP contribution in [0.3, 0.4) is 0 Å². The van der Waals surface area contributed by atoms with Gasteiger partial charge in [0.2, 0.25) is 5.91 Å². The van der Waals surface area contributed by atoms with E-state index in [4.69, 9.17) is 0 Å². The Morgan fingerprint density at radius 1 is 1.15 bits per heavy atom. The van der Waals surface area contributed by atoms with Crippen molar-refractivity contribution in [2.24, 2.45) is 0 Å². The van der Waals surface area contributed by atoms with Crippen molar-refractivity contribution in [3.63, 3.8) is 0 Å². The van der Waals surface area contributed by atoms with Crippen molar-refractivity contribution in [2.75, 3.05) is 18.8 Å². The molecule has 1 aliphatic heterocycles. The van der Waals surface area contributed by atoms with Crippen LogP contribution in [0.1, 0.15) is 28.4 Å². The second-order valence-corrected chi connectivity index (χ2v) is 9.02. The van der Waals surface area contributed by atoms with Crippen molar-refractivity contribution >= 4 is 15.7 Å². The van der Waals surface area contributed by atoms with E-state index < -0.39 is 20.9 Å². The fraction of sp³-hybridized carbons (Fsp3) is 0.350. The first kappa shape index (κ1) is 18.6. The molecule has 3 rings (SSSR count). The molecule has 1 heterocycles. The Morgan fingerprint density at radius 3 is 2.65 bits per heavy atom. The maximum atomic E-state index is 14.1. The standard InChI is InChI=1S/C20H22FNO3S/c1-15-5-4-6-16(13-15)14-20(23)22-10-9-19(26(24,25)12-11-22)17-7-2-3-8-18(17)21/h2-8,13,19H,9-12,14H2,1H3. The van der Waals surface area contributed by atoms with Gasteiger partial charge in [0.25, 0.3) is 0 Å². The van der Waals surface area contributed by atoms with E-state index >= 15 is 0 Å². The number of halogens is 1. The average molecular weight is 375 g/mol. The monoisotopic (exact) mass is 375 g/mol. The summed E-state index contributed by atoms with van der Waals surface area (Å²) in [7, 11) is -3.52. The van der Waals surface area contributed by atoms with Gasteiger partial charge in [-0.15, -0.1) is 0 Å². The van der Waals surface area contributed by atoms with E-state index in [2.05, 4.69) is 0 Å². The largest absolute Gasteiger partial charge is 0.341 e. The van der Waals surface area contributed by atoms with E-state index in [0.29, 0.717) is 6.54 Å². The number of aryl methyl sites for hydroxylation is 1. The summed E-state index contributed by atoms with van der Waals surface area (Å²) >= 11 is 0. The van der Waals surface area contributed by atoms with E-state index in [0.717, 1.165) is 11.1 Å². The third kappa shape index (κ3) is 4.12. The van der Waals surface area contributed by atoms with Gasteiger partial charge in [0.1, 0.15) is 5.82 Å². The molecule has 1 aliphatic rings. The van der Waals surface area contributed by atoms with Gasteiger partial charge >= 0.3 is 0 Å². The van der Waals surface area contributed by atoms with Gasteiger partial charge in [0.15, 0.2) is 9.84 Å². The number of hydrogen-bond donors (Lipinski definition) is 0. The van der Waals surface area contributed by atoms with E-state index in [-0.39, 0.29) is 36.6 Å². The highest BCUT2D eigenvalue weighted by atomic mass is 32.2. The molecule has 2 aromatic carbocycles. The van der Waals surface area contributed by atoms with Crippen molar-refractivity contribution in [1.82, 2.24) is 4.90 Å². The van der Waals surface area contributed by atoms with Gasteiger partial charge in [-0.25, -0.2) is 12.8 Å². The maximum Gasteiger partial charge on any atom is 0.227 e. The Hall–Kier alpha value is -2.21. The summed E-state index contributed by atoms with van der Waals surface area (Å²) in [4.78, 5) is 14.2. The molecule has 0 aliphatic carbocycles. The number of amides is 1. The molecule has 138 valence electrons.